The first kappa shape index (κ1) is 13.9. The lowest BCUT2D eigenvalue weighted by Gasteiger charge is -2.32. The fourth-order valence-corrected chi connectivity index (χ4v) is 2.62. The number of rotatable bonds is 7. The van der Waals surface area contributed by atoms with E-state index in [0.717, 1.165) is 32.0 Å². The molecule has 0 aromatic rings. The van der Waals surface area contributed by atoms with E-state index in [0.29, 0.717) is 6.04 Å². The Kier molecular flexibility index (Phi) is 7.01. The second-order valence-corrected chi connectivity index (χ2v) is 5.13. The molecular weight excluding hydrogens is 200 g/mol. The van der Waals surface area contributed by atoms with Crippen LogP contribution in [0.2, 0.25) is 0 Å². The van der Waals surface area contributed by atoms with Gasteiger partial charge in [0.1, 0.15) is 0 Å². The molecule has 0 spiro atoms. The van der Waals surface area contributed by atoms with Crippen molar-refractivity contribution in [1.82, 2.24) is 4.90 Å². The summed E-state index contributed by atoms with van der Waals surface area (Å²) in [6, 6.07) is 1.09. The Labute approximate surface area is 100 Å². The lowest BCUT2D eigenvalue weighted by Crippen LogP contribution is -2.41. The van der Waals surface area contributed by atoms with Crippen molar-refractivity contribution in [2.45, 2.75) is 57.0 Å². The maximum absolute atomic E-state index is 6.12. The molecule has 1 rings (SSSR count). The van der Waals surface area contributed by atoms with Gasteiger partial charge in [0.15, 0.2) is 0 Å². The van der Waals surface area contributed by atoms with E-state index in [-0.39, 0.29) is 0 Å². The number of hydrogen-bond acceptors (Lipinski definition) is 3. The smallest absolute Gasteiger partial charge is 0.0462 e. The topological polar surface area (TPSA) is 38.5 Å². The SMILES string of the molecule is COCCCC(N)CN(C)C1CCCCC1. The summed E-state index contributed by atoms with van der Waals surface area (Å²) in [6.07, 6.45) is 9.09. The fourth-order valence-electron chi connectivity index (χ4n) is 2.62. The van der Waals surface area contributed by atoms with E-state index in [2.05, 4.69) is 11.9 Å². The highest BCUT2D eigenvalue weighted by atomic mass is 16.5. The second kappa shape index (κ2) is 8.04. The van der Waals surface area contributed by atoms with Gasteiger partial charge in [-0.1, -0.05) is 19.3 Å². The number of hydrogen-bond donors (Lipinski definition) is 1. The molecule has 0 aromatic carbocycles. The van der Waals surface area contributed by atoms with Crippen LogP contribution in [0.4, 0.5) is 0 Å². The van der Waals surface area contributed by atoms with Crippen molar-refractivity contribution in [3.8, 4) is 0 Å². The van der Waals surface area contributed by atoms with E-state index in [1.54, 1.807) is 7.11 Å². The molecule has 1 atom stereocenters. The third kappa shape index (κ3) is 5.28. The van der Waals surface area contributed by atoms with Crippen molar-refractivity contribution in [2.75, 3.05) is 27.3 Å². The minimum Gasteiger partial charge on any atom is -0.385 e. The largest absolute Gasteiger partial charge is 0.385 e. The second-order valence-electron chi connectivity index (χ2n) is 5.13. The molecule has 2 N–H and O–H groups in total. The molecule has 0 saturated heterocycles. The predicted octanol–water partition coefficient (Wildman–Crippen LogP) is 2.00. The van der Waals surface area contributed by atoms with Gasteiger partial charge in [0.2, 0.25) is 0 Å². The molecule has 0 bridgehead atoms. The van der Waals surface area contributed by atoms with E-state index in [1.165, 1.54) is 32.1 Å². The minimum absolute atomic E-state index is 0.307. The quantitative estimate of drug-likeness (QED) is 0.677. The zero-order chi connectivity index (χ0) is 11.8. The lowest BCUT2D eigenvalue weighted by molar-refractivity contribution is 0.167. The van der Waals surface area contributed by atoms with Gasteiger partial charge in [-0.2, -0.15) is 0 Å². The van der Waals surface area contributed by atoms with Gasteiger partial charge >= 0.3 is 0 Å². The Morgan fingerprint density at radius 1 is 1.31 bits per heavy atom. The van der Waals surface area contributed by atoms with Crippen molar-refractivity contribution >= 4 is 0 Å². The molecule has 0 aliphatic heterocycles. The summed E-state index contributed by atoms with van der Waals surface area (Å²) in [5.74, 6) is 0. The molecule has 1 aliphatic rings. The predicted molar refractivity (Wildman–Crippen MR) is 68.6 cm³/mol. The van der Waals surface area contributed by atoms with Gasteiger partial charge in [-0.05, 0) is 32.7 Å². The van der Waals surface area contributed by atoms with Gasteiger partial charge in [0.25, 0.3) is 0 Å². The summed E-state index contributed by atoms with van der Waals surface area (Å²) >= 11 is 0. The first-order chi connectivity index (χ1) is 7.74. The van der Waals surface area contributed by atoms with Crippen LogP contribution in [0.25, 0.3) is 0 Å². The molecule has 0 radical (unpaired) electrons. The maximum atomic E-state index is 6.12. The first-order valence-electron chi connectivity index (χ1n) is 6.68. The minimum atomic E-state index is 0.307. The summed E-state index contributed by atoms with van der Waals surface area (Å²) in [5, 5.41) is 0. The van der Waals surface area contributed by atoms with Crippen molar-refractivity contribution in [3.63, 3.8) is 0 Å². The molecule has 1 fully saturated rings. The molecule has 0 amide bonds. The number of ether oxygens (including phenoxy) is 1. The van der Waals surface area contributed by atoms with Crippen LogP contribution in [0.5, 0.6) is 0 Å². The van der Waals surface area contributed by atoms with Gasteiger partial charge in [-0.3, -0.25) is 0 Å². The van der Waals surface area contributed by atoms with E-state index in [9.17, 15) is 0 Å². The summed E-state index contributed by atoms with van der Waals surface area (Å²) in [4.78, 5) is 2.47. The monoisotopic (exact) mass is 228 g/mol. The van der Waals surface area contributed by atoms with Gasteiger partial charge in [0, 0.05) is 32.3 Å². The Hall–Kier alpha value is -0.120. The molecule has 0 aromatic heterocycles. The molecule has 1 aliphatic carbocycles. The van der Waals surface area contributed by atoms with Crippen LogP contribution < -0.4 is 5.73 Å². The molecule has 96 valence electrons. The molecule has 16 heavy (non-hydrogen) atoms. The van der Waals surface area contributed by atoms with E-state index >= 15 is 0 Å². The van der Waals surface area contributed by atoms with E-state index in [4.69, 9.17) is 10.5 Å². The molecule has 3 nitrogen and oxygen atoms in total. The van der Waals surface area contributed by atoms with Crippen molar-refractivity contribution < 1.29 is 4.74 Å². The van der Waals surface area contributed by atoms with Crippen LogP contribution in [0, 0.1) is 0 Å². The fraction of sp³-hybridized carbons (Fsp3) is 1.00. The van der Waals surface area contributed by atoms with Crippen molar-refractivity contribution in [2.24, 2.45) is 5.73 Å². The molecular formula is C13H28N2O. The van der Waals surface area contributed by atoms with E-state index in [1.807, 2.05) is 0 Å². The van der Waals surface area contributed by atoms with Crippen LogP contribution >= 0.6 is 0 Å². The van der Waals surface area contributed by atoms with Crippen LogP contribution in [-0.2, 0) is 4.74 Å². The first-order valence-corrected chi connectivity index (χ1v) is 6.68. The number of nitrogens with two attached hydrogens (primary N) is 1. The molecule has 1 saturated carbocycles. The third-order valence-corrected chi connectivity index (χ3v) is 3.64. The van der Waals surface area contributed by atoms with Crippen molar-refractivity contribution in [1.29, 1.82) is 0 Å². The third-order valence-electron chi connectivity index (χ3n) is 3.64. The number of nitrogens with zero attached hydrogens (tertiary/aromatic N) is 1. The molecule has 3 heteroatoms. The summed E-state index contributed by atoms with van der Waals surface area (Å²) in [6.45, 7) is 1.87. The van der Waals surface area contributed by atoms with Crippen LogP contribution in [0.1, 0.15) is 44.9 Å². The van der Waals surface area contributed by atoms with Gasteiger partial charge in [0.05, 0.1) is 0 Å². The molecule has 0 heterocycles. The highest BCUT2D eigenvalue weighted by Gasteiger charge is 2.19. The Balaban J connectivity index is 2.13. The zero-order valence-corrected chi connectivity index (χ0v) is 11.0. The summed E-state index contributed by atoms with van der Waals surface area (Å²) in [7, 11) is 3.98. The number of likely N-dealkylation sites (N-methyl/N-ethyl adjacent to an activating group) is 1. The highest BCUT2D eigenvalue weighted by Crippen LogP contribution is 2.21. The average molecular weight is 228 g/mol. The summed E-state index contributed by atoms with van der Waals surface area (Å²) in [5.41, 5.74) is 6.12. The van der Waals surface area contributed by atoms with Crippen LogP contribution in [-0.4, -0.2) is 44.3 Å². The van der Waals surface area contributed by atoms with Gasteiger partial charge < -0.3 is 15.4 Å². The van der Waals surface area contributed by atoms with Crippen LogP contribution in [0.15, 0.2) is 0 Å². The van der Waals surface area contributed by atoms with E-state index < -0.39 is 0 Å². The van der Waals surface area contributed by atoms with Crippen molar-refractivity contribution in [3.05, 3.63) is 0 Å². The average Bonchev–Trinajstić information content (AvgIpc) is 2.30. The maximum Gasteiger partial charge on any atom is 0.0462 e. The summed E-state index contributed by atoms with van der Waals surface area (Å²) < 4.78 is 5.04. The molecule has 1 unspecified atom stereocenters. The Morgan fingerprint density at radius 2 is 2.00 bits per heavy atom. The highest BCUT2D eigenvalue weighted by molar-refractivity contribution is 4.76. The van der Waals surface area contributed by atoms with Gasteiger partial charge in [-0.25, -0.2) is 0 Å². The normalized spacial score (nSPS) is 20.2. The number of methoxy groups -OCH3 is 1. The zero-order valence-electron chi connectivity index (χ0n) is 11.0. The lowest BCUT2D eigenvalue weighted by atomic mass is 9.94. The van der Waals surface area contributed by atoms with Crippen LogP contribution in [0.3, 0.4) is 0 Å². The Morgan fingerprint density at radius 3 is 2.62 bits per heavy atom. The Bertz CT molecular complexity index is 169. The standard InChI is InChI=1S/C13H28N2O/c1-15(13-8-4-3-5-9-13)11-12(14)7-6-10-16-2/h12-13H,3-11,14H2,1-2H3. The van der Waals surface area contributed by atoms with Gasteiger partial charge in [-0.15, -0.1) is 0 Å².